The summed E-state index contributed by atoms with van der Waals surface area (Å²) in [6.07, 6.45) is 0. The van der Waals surface area contributed by atoms with Gasteiger partial charge in [0.2, 0.25) is 0 Å². The van der Waals surface area contributed by atoms with E-state index >= 15 is 0 Å². The van der Waals surface area contributed by atoms with Gasteiger partial charge in [-0.1, -0.05) is 0 Å². The zero-order valence-electron chi connectivity index (χ0n) is 8.65. The van der Waals surface area contributed by atoms with Crippen LogP contribution in [-0.4, -0.2) is 10.5 Å². The normalized spacial score (nSPS) is 10.2. The highest BCUT2D eigenvalue weighted by Crippen LogP contribution is 2.24. The van der Waals surface area contributed by atoms with Crippen LogP contribution in [0.15, 0.2) is 6.07 Å². The summed E-state index contributed by atoms with van der Waals surface area (Å²) in [5, 5.41) is -1.14. The molecule has 0 amide bonds. The van der Waals surface area contributed by atoms with E-state index in [0.717, 1.165) is 11.1 Å². The molecule has 0 aliphatic rings. The molecular weight excluding hydrogens is 235 g/mol. The molecule has 0 saturated heterocycles. The van der Waals surface area contributed by atoms with Crippen LogP contribution in [0.4, 0.5) is 0 Å². The molecule has 0 aromatic heterocycles. The van der Waals surface area contributed by atoms with Crippen molar-refractivity contribution < 1.29 is 9.59 Å². The van der Waals surface area contributed by atoms with Gasteiger partial charge in [0.1, 0.15) is 0 Å². The highest BCUT2D eigenvalue weighted by atomic mass is 35.5. The third-order valence-corrected chi connectivity index (χ3v) is 2.91. The lowest BCUT2D eigenvalue weighted by molar-refractivity contribution is 0.107. The SMILES string of the molecule is Cc1cc(C(=O)Cl)c(C)c(C(=O)Cl)c1C. The van der Waals surface area contributed by atoms with Crippen LogP contribution in [0.3, 0.4) is 0 Å². The zero-order valence-corrected chi connectivity index (χ0v) is 10.2. The van der Waals surface area contributed by atoms with Crippen molar-refractivity contribution in [1.82, 2.24) is 0 Å². The number of hydrogen-bond donors (Lipinski definition) is 0. The van der Waals surface area contributed by atoms with Gasteiger partial charge < -0.3 is 0 Å². The van der Waals surface area contributed by atoms with Crippen LogP contribution in [0, 0.1) is 20.8 Å². The second-order valence-corrected chi connectivity index (χ2v) is 4.10. The van der Waals surface area contributed by atoms with Crippen molar-refractivity contribution in [1.29, 1.82) is 0 Å². The molecular formula is C11H10Cl2O2. The fourth-order valence-electron chi connectivity index (χ4n) is 1.55. The minimum Gasteiger partial charge on any atom is -0.276 e. The van der Waals surface area contributed by atoms with Gasteiger partial charge in [0.25, 0.3) is 10.5 Å². The summed E-state index contributed by atoms with van der Waals surface area (Å²) in [5.41, 5.74) is 2.87. The number of benzene rings is 1. The Kier molecular flexibility index (Phi) is 3.53. The van der Waals surface area contributed by atoms with Crippen molar-refractivity contribution in [3.63, 3.8) is 0 Å². The Hall–Kier alpha value is -0.860. The van der Waals surface area contributed by atoms with Crippen molar-refractivity contribution in [2.24, 2.45) is 0 Å². The van der Waals surface area contributed by atoms with Crippen molar-refractivity contribution in [2.45, 2.75) is 20.8 Å². The zero-order chi connectivity index (χ0) is 11.7. The van der Waals surface area contributed by atoms with Gasteiger partial charge in [-0.15, -0.1) is 0 Å². The van der Waals surface area contributed by atoms with E-state index in [1.165, 1.54) is 0 Å². The molecule has 0 spiro atoms. The van der Waals surface area contributed by atoms with Crippen molar-refractivity contribution >= 4 is 33.7 Å². The molecule has 0 N–H and O–H groups in total. The minimum atomic E-state index is -0.574. The summed E-state index contributed by atoms with van der Waals surface area (Å²) in [4.78, 5) is 22.3. The second kappa shape index (κ2) is 4.33. The molecule has 2 nitrogen and oxygen atoms in total. The predicted octanol–water partition coefficient (Wildman–Crippen LogP) is 3.37. The van der Waals surface area contributed by atoms with Crippen LogP contribution in [-0.2, 0) is 0 Å². The van der Waals surface area contributed by atoms with Crippen LogP contribution in [0.25, 0.3) is 0 Å². The fraction of sp³-hybridized carbons (Fsp3) is 0.273. The Morgan fingerprint density at radius 1 is 1.00 bits per heavy atom. The lowest BCUT2D eigenvalue weighted by Crippen LogP contribution is -2.06. The molecule has 80 valence electrons. The molecule has 1 aromatic carbocycles. The molecule has 1 rings (SSSR count). The Bertz CT molecular complexity index is 450. The third kappa shape index (κ3) is 2.21. The molecule has 0 heterocycles. The topological polar surface area (TPSA) is 34.1 Å². The van der Waals surface area contributed by atoms with Gasteiger partial charge in [0.15, 0.2) is 0 Å². The van der Waals surface area contributed by atoms with Crippen molar-refractivity contribution in [2.75, 3.05) is 0 Å². The quantitative estimate of drug-likeness (QED) is 0.748. The van der Waals surface area contributed by atoms with Gasteiger partial charge in [-0.2, -0.15) is 0 Å². The standard InChI is InChI=1S/C11H10Cl2O2/c1-5-4-8(10(12)14)7(3)9(6(5)2)11(13)15/h4H,1-3H3. The molecule has 0 aliphatic heterocycles. The number of halogens is 2. The van der Waals surface area contributed by atoms with Crippen LogP contribution in [0.5, 0.6) is 0 Å². The van der Waals surface area contributed by atoms with Crippen LogP contribution >= 0.6 is 23.2 Å². The van der Waals surface area contributed by atoms with Crippen molar-refractivity contribution in [3.8, 4) is 0 Å². The van der Waals surface area contributed by atoms with E-state index in [2.05, 4.69) is 0 Å². The molecule has 0 fully saturated rings. The maximum Gasteiger partial charge on any atom is 0.252 e. The van der Waals surface area contributed by atoms with Gasteiger partial charge in [-0.3, -0.25) is 9.59 Å². The number of rotatable bonds is 2. The summed E-state index contributed by atoms with van der Waals surface area (Å²) < 4.78 is 0. The van der Waals surface area contributed by atoms with Gasteiger partial charge >= 0.3 is 0 Å². The molecule has 0 atom stereocenters. The molecule has 1 aromatic rings. The first-order valence-corrected chi connectivity index (χ1v) is 5.12. The average molecular weight is 245 g/mol. The highest BCUT2D eigenvalue weighted by Gasteiger charge is 2.17. The number of hydrogen-bond acceptors (Lipinski definition) is 2. The van der Waals surface area contributed by atoms with E-state index < -0.39 is 10.5 Å². The largest absolute Gasteiger partial charge is 0.276 e. The van der Waals surface area contributed by atoms with Gasteiger partial charge in [0, 0.05) is 11.1 Å². The van der Waals surface area contributed by atoms with Crippen LogP contribution in [0.1, 0.15) is 37.4 Å². The maximum absolute atomic E-state index is 11.2. The average Bonchev–Trinajstić information content (AvgIpc) is 2.10. The van der Waals surface area contributed by atoms with E-state index in [1.54, 1.807) is 26.8 Å². The monoisotopic (exact) mass is 244 g/mol. The van der Waals surface area contributed by atoms with Crippen molar-refractivity contribution in [3.05, 3.63) is 33.9 Å². The number of carbonyl (C=O) groups is 2. The van der Waals surface area contributed by atoms with E-state index in [4.69, 9.17) is 23.2 Å². The first-order chi connectivity index (χ1) is 6.86. The number of carbonyl (C=O) groups excluding carboxylic acids is 2. The van der Waals surface area contributed by atoms with Gasteiger partial charge in [-0.05, 0) is 66.7 Å². The summed E-state index contributed by atoms with van der Waals surface area (Å²) >= 11 is 10.9. The molecule has 4 heteroatoms. The molecule has 0 radical (unpaired) electrons. The fourth-order valence-corrected chi connectivity index (χ4v) is 2.02. The molecule has 0 saturated carbocycles. The summed E-state index contributed by atoms with van der Waals surface area (Å²) in [6, 6.07) is 1.67. The Labute approximate surface area is 98.2 Å². The van der Waals surface area contributed by atoms with E-state index in [0.29, 0.717) is 16.7 Å². The maximum atomic E-state index is 11.2. The third-order valence-electron chi connectivity index (χ3n) is 2.51. The van der Waals surface area contributed by atoms with Crippen LogP contribution in [0.2, 0.25) is 0 Å². The van der Waals surface area contributed by atoms with E-state index in [-0.39, 0.29) is 0 Å². The molecule has 0 aliphatic carbocycles. The minimum absolute atomic E-state index is 0.337. The lowest BCUT2D eigenvalue weighted by atomic mass is 9.95. The smallest absolute Gasteiger partial charge is 0.252 e. The van der Waals surface area contributed by atoms with E-state index in [1.807, 2.05) is 0 Å². The van der Waals surface area contributed by atoms with E-state index in [9.17, 15) is 9.59 Å². The molecule has 15 heavy (non-hydrogen) atoms. The first-order valence-electron chi connectivity index (χ1n) is 4.36. The summed E-state index contributed by atoms with van der Waals surface area (Å²) in [5.74, 6) is 0. The summed E-state index contributed by atoms with van der Waals surface area (Å²) in [6.45, 7) is 5.26. The predicted molar refractivity (Wildman–Crippen MR) is 61.0 cm³/mol. The number of aryl methyl sites for hydroxylation is 1. The Morgan fingerprint density at radius 3 is 1.93 bits per heavy atom. The lowest BCUT2D eigenvalue weighted by Gasteiger charge is -2.11. The van der Waals surface area contributed by atoms with Gasteiger partial charge in [-0.25, -0.2) is 0 Å². The van der Waals surface area contributed by atoms with Gasteiger partial charge in [0.05, 0.1) is 0 Å². The molecule has 0 bridgehead atoms. The van der Waals surface area contributed by atoms with Crippen LogP contribution < -0.4 is 0 Å². The first kappa shape index (κ1) is 12.2. The Balaban J connectivity index is 3.63. The Morgan fingerprint density at radius 2 is 1.53 bits per heavy atom. The summed E-state index contributed by atoms with van der Waals surface area (Å²) in [7, 11) is 0. The highest BCUT2D eigenvalue weighted by molar-refractivity contribution is 6.69. The second-order valence-electron chi connectivity index (χ2n) is 3.41. The molecule has 0 unspecified atom stereocenters.